The molecule has 0 saturated carbocycles. The van der Waals surface area contributed by atoms with Crippen LogP contribution in [-0.4, -0.2) is 38.0 Å². The lowest BCUT2D eigenvalue weighted by Gasteiger charge is -2.18. The molecule has 84 valence electrons. The lowest BCUT2D eigenvalue weighted by atomic mass is 10.3. The van der Waals surface area contributed by atoms with Gasteiger partial charge in [0.1, 0.15) is 5.75 Å². The molecule has 0 heterocycles. The number of anilines is 1. The van der Waals surface area contributed by atoms with E-state index in [1.807, 2.05) is 0 Å². The van der Waals surface area contributed by atoms with E-state index < -0.39 is 16.6 Å². The molecule has 0 atom stereocenters. The molecule has 0 aliphatic carbocycles. The molecule has 0 spiro atoms. The first-order valence-electron chi connectivity index (χ1n) is 4.34. The minimum atomic E-state index is -3.47. The molecular weight excluding hydrogens is 218 g/mol. The summed E-state index contributed by atoms with van der Waals surface area (Å²) in [5.74, 6) is -0.239. The van der Waals surface area contributed by atoms with Crippen LogP contribution >= 0.6 is 0 Å². The van der Waals surface area contributed by atoms with Crippen LogP contribution in [0.5, 0.6) is 5.75 Å². The van der Waals surface area contributed by atoms with Crippen LogP contribution in [0.3, 0.4) is 0 Å². The third kappa shape index (κ3) is 2.84. The second-order valence-corrected chi connectivity index (χ2v) is 5.14. The van der Waals surface area contributed by atoms with Gasteiger partial charge in [0.05, 0.1) is 18.0 Å². The molecule has 0 saturated heterocycles. The fourth-order valence-electron chi connectivity index (χ4n) is 1.08. The molecule has 1 rings (SSSR count). The summed E-state index contributed by atoms with van der Waals surface area (Å²) >= 11 is 0. The summed E-state index contributed by atoms with van der Waals surface area (Å²) in [5.41, 5.74) is 0.446. The Balaban J connectivity index is 2.94. The van der Waals surface area contributed by atoms with E-state index >= 15 is 0 Å². The molecule has 0 amide bonds. The Morgan fingerprint density at radius 1 is 1.27 bits per heavy atom. The third-order valence-electron chi connectivity index (χ3n) is 1.98. The molecule has 0 radical (unpaired) electrons. The minimum absolute atomic E-state index is 0.0757. The van der Waals surface area contributed by atoms with Gasteiger partial charge in [0.15, 0.2) is 0 Å². The molecule has 0 bridgehead atoms. The minimum Gasteiger partial charge on any atom is -0.508 e. The van der Waals surface area contributed by atoms with Crippen molar-refractivity contribution in [1.82, 2.24) is 0 Å². The molecular formula is C9H13NO4S. The molecule has 0 aromatic heterocycles. The highest BCUT2D eigenvalue weighted by molar-refractivity contribution is 7.92. The Bertz CT molecular complexity index is 412. The number of hydrogen-bond donors (Lipinski definition) is 2. The molecule has 0 unspecified atom stereocenters. The molecule has 0 aliphatic rings. The van der Waals surface area contributed by atoms with E-state index in [9.17, 15) is 8.42 Å². The average Bonchev–Trinajstić information content (AvgIpc) is 2.18. The van der Waals surface area contributed by atoms with Gasteiger partial charge >= 0.3 is 0 Å². The largest absolute Gasteiger partial charge is 0.508 e. The number of aliphatic hydroxyl groups is 1. The second kappa shape index (κ2) is 4.50. The maximum Gasteiger partial charge on any atom is 0.237 e. The SMILES string of the molecule is CN(c1ccc(O)cc1)S(=O)(=O)CCO. The number of hydrogen-bond acceptors (Lipinski definition) is 4. The smallest absolute Gasteiger partial charge is 0.237 e. The lowest BCUT2D eigenvalue weighted by Crippen LogP contribution is -2.30. The van der Waals surface area contributed by atoms with Crippen molar-refractivity contribution in [3.63, 3.8) is 0 Å². The Morgan fingerprint density at radius 2 is 1.80 bits per heavy atom. The van der Waals surface area contributed by atoms with Crippen LogP contribution in [0.1, 0.15) is 0 Å². The molecule has 2 N–H and O–H groups in total. The normalized spacial score (nSPS) is 11.3. The van der Waals surface area contributed by atoms with E-state index in [4.69, 9.17) is 10.2 Å². The number of nitrogens with zero attached hydrogens (tertiary/aromatic N) is 1. The highest BCUT2D eigenvalue weighted by Crippen LogP contribution is 2.19. The summed E-state index contributed by atoms with van der Waals surface area (Å²) in [6.45, 7) is -0.412. The van der Waals surface area contributed by atoms with Crippen molar-refractivity contribution in [2.24, 2.45) is 0 Å². The molecule has 15 heavy (non-hydrogen) atoms. The van der Waals surface area contributed by atoms with Gasteiger partial charge in [-0.15, -0.1) is 0 Å². The summed E-state index contributed by atoms with van der Waals surface area (Å²) in [5, 5.41) is 17.6. The number of phenols is 1. The Kier molecular flexibility index (Phi) is 3.54. The summed E-state index contributed by atoms with van der Waals surface area (Å²) < 4.78 is 24.1. The average molecular weight is 231 g/mol. The summed E-state index contributed by atoms with van der Waals surface area (Å²) in [6.07, 6.45) is 0. The molecule has 0 fully saturated rings. The fraction of sp³-hybridized carbons (Fsp3) is 0.333. The molecule has 1 aromatic carbocycles. The topological polar surface area (TPSA) is 77.8 Å². The van der Waals surface area contributed by atoms with Crippen molar-refractivity contribution in [1.29, 1.82) is 0 Å². The zero-order chi connectivity index (χ0) is 11.5. The highest BCUT2D eigenvalue weighted by Gasteiger charge is 2.17. The van der Waals surface area contributed by atoms with E-state index in [2.05, 4.69) is 0 Å². The van der Waals surface area contributed by atoms with Gasteiger partial charge in [-0.3, -0.25) is 4.31 Å². The molecule has 0 aliphatic heterocycles. The van der Waals surface area contributed by atoms with Gasteiger partial charge in [-0.25, -0.2) is 8.42 Å². The second-order valence-electron chi connectivity index (χ2n) is 3.02. The van der Waals surface area contributed by atoms with Crippen LogP contribution in [0.4, 0.5) is 5.69 Å². The van der Waals surface area contributed by atoms with Crippen LogP contribution < -0.4 is 4.31 Å². The number of phenolic OH excluding ortho intramolecular Hbond substituents is 1. The first-order valence-corrected chi connectivity index (χ1v) is 5.95. The predicted molar refractivity (Wildman–Crippen MR) is 57.4 cm³/mol. The van der Waals surface area contributed by atoms with E-state index in [0.717, 1.165) is 4.31 Å². The van der Waals surface area contributed by atoms with Crippen LogP contribution in [0.2, 0.25) is 0 Å². The van der Waals surface area contributed by atoms with Crippen LogP contribution in [0, 0.1) is 0 Å². The zero-order valence-electron chi connectivity index (χ0n) is 8.29. The van der Waals surface area contributed by atoms with Gasteiger partial charge in [0.25, 0.3) is 0 Å². The Morgan fingerprint density at radius 3 is 2.27 bits per heavy atom. The van der Waals surface area contributed by atoms with E-state index in [1.165, 1.54) is 31.3 Å². The van der Waals surface area contributed by atoms with Gasteiger partial charge in [0.2, 0.25) is 10.0 Å². The summed E-state index contributed by atoms with van der Waals surface area (Å²) in [6, 6.07) is 5.79. The van der Waals surface area contributed by atoms with Crippen molar-refractivity contribution in [2.75, 3.05) is 23.7 Å². The molecule has 6 heteroatoms. The number of sulfonamides is 1. The monoisotopic (exact) mass is 231 g/mol. The first-order chi connectivity index (χ1) is 6.97. The number of rotatable bonds is 4. The van der Waals surface area contributed by atoms with Crippen LogP contribution in [0.15, 0.2) is 24.3 Å². The quantitative estimate of drug-likeness (QED) is 0.773. The van der Waals surface area contributed by atoms with Crippen molar-refractivity contribution < 1.29 is 18.6 Å². The van der Waals surface area contributed by atoms with Gasteiger partial charge in [-0.2, -0.15) is 0 Å². The predicted octanol–water partition coefficient (Wildman–Crippen LogP) is 0.150. The molecule has 1 aromatic rings. The highest BCUT2D eigenvalue weighted by atomic mass is 32.2. The van der Waals surface area contributed by atoms with Gasteiger partial charge in [-0.1, -0.05) is 0 Å². The zero-order valence-corrected chi connectivity index (χ0v) is 9.11. The van der Waals surface area contributed by atoms with E-state index in [1.54, 1.807) is 0 Å². The lowest BCUT2D eigenvalue weighted by molar-refractivity contribution is 0.319. The van der Waals surface area contributed by atoms with Crippen LogP contribution in [-0.2, 0) is 10.0 Å². The summed E-state index contributed by atoms with van der Waals surface area (Å²) in [7, 11) is -2.07. The Labute approximate surface area is 88.6 Å². The first kappa shape index (κ1) is 11.8. The summed E-state index contributed by atoms with van der Waals surface area (Å²) in [4.78, 5) is 0. The molecule has 5 nitrogen and oxygen atoms in total. The number of aromatic hydroxyl groups is 1. The van der Waals surface area contributed by atoms with Gasteiger partial charge < -0.3 is 10.2 Å². The standard InChI is InChI=1S/C9H13NO4S/c1-10(15(13,14)7-6-11)8-2-4-9(12)5-3-8/h2-5,11-12H,6-7H2,1H3. The van der Waals surface area contributed by atoms with Crippen molar-refractivity contribution in [3.05, 3.63) is 24.3 Å². The van der Waals surface area contributed by atoms with Gasteiger partial charge in [-0.05, 0) is 24.3 Å². The van der Waals surface area contributed by atoms with E-state index in [0.29, 0.717) is 5.69 Å². The maximum atomic E-state index is 11.5. The Hall–Kier alpha value is -1.27. The number of aliphatic hydroxyl groups excluding tert-OH is 1. The van der Waals surface area contributed by atoms with Gasteiger partial charge in [0, 0.05) is 7.05 Å². The van der Waals surface area contributed by atoms with Crippen molar-refractivity contribution >= 4 is 15.7 Å². The third-order valence-corrected chi connectivity index (χ3v) is 3.72. The maximum absolute atomic E-state index is 11.5. The number of benzene rings is 1. The van der Waals surface area contributed by atoms with Crippen LogP contribution in [0.25, 0.3) is 0 Å². The van der Waals surface area contributed by atoms with Crippen molar-refractivity contribution in [3.8, 4) is 5.75 Å². The van der Waals surface area contributed by atoms with Crippen molar-refractivity contribution in [2.45, 2.75) is 0 Å². The van der Waals surface area contributed by atoms with E-state index in [-0.39, 0.29) is 11.5 Å². The fourth-order valence-corrected chi connectivity index (χ4v) is 2.02.